The van der Waals surface area contributed by atoms with Crippen molar-refractivity contribution in [2.24, 2.45) is 0 Å². The maximum atomic E-state index is 11.8. The number of hydrogen-bond acceptors (Lipinski definition) is 13. The van der Waals surface area contributed by atoms with Crippen LogP contribution < -0.4 is 25.3 Å². The van der Waals surface area contributed by atoms with E-state index < -0.39 is 58.4 Å². The summed E-state index contributed by atoms with van der Waals surface area (Å²) in [6.07, 6.45) is -5.81. The van der Waals surface area contributed by atoms with Crippen LogP contribution in [0.25, 0.3) is 0 Å². The first-order valence-corrected chi connectivity index (χ1v) is 9.87. The molecule has 0 spiro atoms. The van der Waals surface area contributed by atoms with E-state index >= 15 is 0 Å². The Labute approximate surface area is 150 Å². The van der Waals surface area contributed by atoms with Crippen LogP contribution >= 0.6 is 15.6 Å². The first-order chi connectivity index (χ1) is 12.3. The highest BCUT2D eigenvalue weighted by molar-refractivity contribution is 7.59. The Bertz CT molecular complexity index is 837. The molecule has 0 aliphatic carbocycles. The number of aliphatic hydroxyl groups excluding tert-OH is 2. The van der Waals surface area contributed by atoms with Crippen LogP contribution in [0, 0.1) is 0 Å². The summed E-state index contributed by atoms with van der Waals surface area (Å²) in [5.74, 6) is -1.35. The lowest BCUT2D eigenvalue weighted by Gasteiger charge is -2.30. The predicted molar refractivity (Wildman–Crippen MR) is 74.9 cm³/mol. The molecule has 1 aromatic rings. The number of nitrogens with zero attached hydrogens (tertiary/aromatic N) is 2. The molecule has 1 aliphatic heterocycles. The van der Waals surface area contributed by atoms with Gasteiger partial charge in [-0.25, -0.2) is 14.3 Å². The minimum absolute atomic E-state index is 0.366. The molecule has 0 saturated carbocycles. The number of rotatable bonds is 7. The van der Waals surface area contributed by atoms with E-state index in [1.54, 1.807) is 0 Å². The van der Waals surface area contributed by atoms with Gasteiger partial charge in [-0.05, 0) is 0 Å². The lowest BCUT2D eigenvalue weighted by atomic mass is 10.1. The molecule has 0 amide bonds. The lowest BCUT2D eigenvalue weighted by Crippen LogP contribution is -2.36. The van der Waals surface area contributed by atoms with E-state index in [2.05, 4.69) is 13.8 Å². The van der Waals surface area contributed by atoms with Gasteiger partial charge in [0.1, 0.15) is 24.1 Å². The molecule has 1 aliphatic rings. The minimum atomic E-state index is -5.84. The third-order valence-electron chi connectivity index (χ3n) is 3.32. The largest absolute Gasteiger partial charge is 0.856 e. The quantitative estimate of drug-likeness (QED) is 0.348. The highest BCUT2D eigenvalue weighted by Crippen LogP contribution is 2.54. The van der Waals surface area contributed by atoms with Crippen LogP contribution in [0.3, 0.4) is 0 Å². The molecule has 0 aromatic carbocycles. The van der Waals surface area contributed by atoms with Gasteiger partial charge in [0.05, 0.1) is 27.7 Å². The Kier molecular flexibility index (Phi) is 6.44. The van der Waals surface area contributed by atoms with Gasteiger partial charge in [-0.15, -0.1) is 0 Å². The topological polar surface area (TPSA) is 236 Å². The summed E-state index contributed by atoms with van der Waals surface area (Å²) < 4.78 is 39.7. The molecule has 0 bridgehead atoms. The van der Waals surface area contributed by atoms with E-state index in [-0.39, 0.29) is 5.75 Å². The average molecular weight is 431 g/mol. The molecule has 17 heteroatoms. The van der Waals surface area contributed by atoms with Crippen LogP contribution in [0.5, 0.6) is 11.6 Å². The van der Waals surface area contributed by atoms with Gasteiger partial charge in [-0.1, -0.05) is 0 Å². The minimum Gasteiger partial charge on any atom is -0.856 e. The normalized spacial score (nSPS) is 28.1. The van der Waals surface area contributed by atoms with Crippen molar-refractivity contribution in [1.82, 2.24) is 9.55 Å². The molecule has 27 heavy (non-hydrogen) atoms. The maximum Gasteiger partial charge on any atom is 0.476 e. The van der Waals surface area contributed by atoms with Gasteiger partial charge in [0, 0.05) is 5.88 Å². The van der Waals surface area contributed by atoms with Gasteiger partial charge < -0.3 is 44.0 Å². The lowest BCUT2D eigenvalue weighted by molar-refractivity contribution is -0.334. The molecule has 1 saturated heterocycles. The molecule has 0 radical (unpaired) electrons. The number of phosphoric ester groups is 1. The van der Waals surface area contributed by atoms with Crippen LogP contribution in [0.1, 0.15) is 6.23 Å². The Morgan fingerprint density at radius 1 is 1.33 bits per heavy atom. The molecular weight excluding hydrogens is 418 g/mol. The zero-order valence-corrected chi connectivity index (χ0v) is 15.1. The molecule has 1 aromatic heterocycles. The fourth-order valence-corrected chi connectivity index (χ4v) is 3.71. The van der Waals surface area contributed by atoms with Gasteiger partial charge >= 0.3 is 13.5 Å². The van der Waals surface area contributed by atoms with Crippen molar-refractivity contribution >= 4 is 15.6 Å². The molecule has 5 atom stereocenters. The third kappa shape index (κ3) is 5.33. The van der Waals surface area contributed by atoms with Crippen molar-refractivity contribution in [3.63, 3.8) is 0 Å². The average Bonchev–Trinajstić information content (AvgIpc) is 2.79. The van der Waals surface area contributed by atoms with Gasteiger partial charge in [-0.2, -0.15) is 0 Å². The fraction of sp³-hybridized carbons (Fsp3) is 0.600. The number of methoxy groups -OCH3 is 1. The summed E-state index contributed by atoms with van der Waals surface area (Å²) >= 11 is 0. The number of ether oxygens (including phenoxy) is 2. The molecule has 2 heterocycles. The van der Waals surface area contributed by atoms with Gasteiger partial charge in [0.15, 0.2) is 6.23 Å². The second-order valence-electron chi connectivity index (χ2n) is 5.14. The van der Waals surface area contributed by atoms with Gasteiger partial charge in [0.2, 0.25) is 0 Å². The Morgan fingerprint density at radius 3 is 2.52 bits per heavy atom. The summed E-state index contributed by atoms with van der Waals surface area (Å²) in [5.41, 5.74) is -1.14. The fourth-order valence-electron chi connectivity index (χ4n) is 2.17. The summed E-state index contributed by atoms with van der Waals surface area (Å²) in [4.78, 5) is 44.8. The van der Waals surface area contributed by atoms with Crippen LogP contribution in [-0.4, -0.2) is 56.7 Å². The maximum absolute atomic E-state index is 11.8. The van der Waals surface area contributed by atoms with E-state index in [4.69, 9.17) is 14.4 Å². The van der Waals surface area contributed by atoms with Crippen molar-refractivity contribution < 1.29 is 57.4 Å². The van der Waals surface area contributed by atoms with Crippen molar-refractivity contribution in [3.8, 4) is 11.6 Å². The highest BCUT2D eigenvalue weighted by Gasteiger charge is 2.45. The molecule has 154 valence electrons. The molecular formula is C10H13N2O13P2-3. The molecule has 3 N–H and O–H groups in total. The van der Waals surface area contributed by atoms with Crippen molar-refractivity contribution in [3.05, 3.63) is 16.7 Å². The van der Waals surface area contributed by atoms with Crippen LogP contribution in [-0.2, 0) is 22.7 Å². The Morgan fingerprint density at radius 2 is 1.96 bits per heavy atom. The Balaban J connectivity index is 2.16. The standard InChI is InChI=1S/C10H16N2O13P2/c1-22-4-2-12(10(16)11-8(4)15)9-7(14)6(13)5(24-9)3-23-27(20,21)25-26(17,18)19/h2,5-7,9,13-14H,3H2,1H3,(H,20,21)(H,11,15,16)(H2,17,18,19)/p-3/t5-,6-,7-,9-/m1/s1. The van der Waals surface area contributed by atoms with Crippen molar-refractivity contribution in [1.29, 1.82) is 0 Å². The van der Waals surface area contributed by atoms with Gasteiger partial charge in [-0.3, -0.25) is 13.4 Å². The van der Waals surface area contributed by atoms with E-state index in [1.165, 1.54) is 0 Å². The summed E-state index contributed by atoms with van der Waals surface area (Å²) in [7, 11) is -10.1. The molecule has 2 rings (SSSR count). The Hall–Kier alpha value is -1.38. The third-order valence-corrected chi connectivity index (χ3v) is 5.42. The second-order valence-corrected chi connectivity index (χ2v) is 7.89. The first kappa shape index (κ1) is 21.9. The van der Waals surface area contributed by atoms with E-state index in [9.17, 15) is 39.0 Å². The zero-order chi connectivity index (χ0) is 20.6. The van der Waals surface area contributed by atoms with Crippen LogP contribution in [0.4, 0.5) is 0 Å². The van der Waals surface area contributed by atoms with Crippen LogP contribution in [0.2, 0.25) is 0 Å². The van der Waals surface area contributed by atoms with Crippen molar-refractivity contribution in [2.45, 2.75) is 24.5 Å². The van der Waals surface area contributed by atoms with E-state index in [1.807, 2.05) is 0 Å². The number of hydrogen-bond donors (Lipinski definition) is 3. The van der Waals surface area contributed by atoms with Crippen molar-refractivity contribution in [2.75, 3.05) is 13.7 Å². The predicted octanol–water partition coefficient (Wildman–Crippen LogP) is -4.09. The first-order valence-electron chi connectivity index (χ1n) is 6.91. The number of phosphoric acid groups is 2. The van der Waals surface area contributed by atoms with E-state index in [0.717, 1.165) is 13.3 Å². The van der Waals surface area contributed by atoms with E-state index in [0.29, 0.717) is 4.57 Å². The van der Waals surface area contributed by atoms with Crippen LogP contribution in [0.15, 0.2) is 11.0 Å². The smallest absolute Gasteiger partial charge is 0.476 e. The summed E-state index contributed by atoms with van der Waals surface area (Å²) in [6.45, 7) is -0.999. The monoisotopic (exact) mass is 431 g/mol. The van der Waals surface area contributed by atoms with Gasteiger partial charge in [0.25, 0.3) is 0 Å². The summed E-state index contributed by atoms with van der Waals surface area (Å²) in [6, 6.07) is 0. The molecule has 15 nitrogen and oxygen atoms in total. The molecule has 1 fully saturated rings. The second kappa shape index (κ2) is 7.93. The molecule has 1 unspecified atom stereocenters. The number of aromatic nitrogens is 2. The SMILES string of the molecule is COc1cn([C@@H]2O[C@H](COP(=O)(O)OP(=O)([O-])[O-])[C@@H](O)[C@H]2O)c(=O)nc1[O-]. The number of aliphatic hydroxyl groups is 2. The summed E-state index contributed by atoms with van der Waals surface area (Å²) in [5, 5.41) is 31.3. The highest BCUT2D eigenvalue weighted by atomic mass is 31.3. The zero-order valence-electron chi connectivity index (χ0n) is 13.3.